The van der Waals surface area contributed by atoms with Crippen LogP contribution in [0.3, 0.4) is 0 Å². The van der Waals surface area contributed by atoms with E-state index in [0.717, 1.165) is 17.1 Å². The van der Waals surface area contributed by atoms with Crippen molar-refractivity contribution in [3.63, 3.8) is 0 Å². The lowest BCUT2D eigenvalue weighted by Gasteiger charge is -2.19. The van der Waals surface area contributed by atoms with Crippen molar-refractivity contribution in [2.45, 2.75) is 105 Å². The van der Waals surface area contributed by atoms with Gasteiger partial charge >= 0.3 is 0 Å². The quantitative estimate of drug-likeness (QED) is 0.227. The fraction of sp³-hybridized carbons (Fsp3) is 0.500. The highest BCUT2D eigenvalue weighted by atomic mass is 16.5. The molecule has 0 saturated heterocycles. The molecule has 0 fully saturated rings. The van der Waals surface area contributed by atoms with Crippen LogP contribution in [0.15, 0.2) is 48.4 Å². The number of primary amides is 1. The van der Waals surface area contributed by atoms with E-state index in [0.29, 0.717) is 22.8 Å². The summed E-state index contributed by atoms with van der Waals surface area (Å²) >= 11 is 0. The van der Waals surface area contributed by atoms with Crippen molar-refractivity contribution in [3.8, 4) is 11.6 Å². The number of aromatic nitrogens is 8. The Kier molecular flexibility index (Phi) is 14.3. The molecule has 0 aromatic carbocycles. The molecule has 0 bridgehead atoms. The minimum absolute atomic E-state index is 0.00822. The molecule has 0 radical (unpaired) electrons. The molecule has 0 spiro atoms. The van der Waals surface area contributed by atoms with Gasteiger partial charge in [-0.05, 0) is 0 Å². The van der Waals surface area contributed by atoms with E-state index in [-0.39, 0.29) is 33.1 Å². The summed E-state index contributed by atoms with van der Waals surface area (Å²) in [6, 6.07) is 1.81. The molecule has 0 unspecified atom stereocenters. The molecule has 0 aliphatic heterocycles. The number of nitrogens with one attached hydrogen (secondary N) is 1. The number of carbonyl (C=O) groups is 1. The van der Waals surface area contributed by atoms with Gasteiger partial charge in [0.2, 0.25) is 5.88 Å². The van der Waals surface area contributed by atoms with Crippen molar-refractivity contribution < 1.29 is 14.6 Å². The molecular weight excluding hydrogens is 612 g/mol. The fourth-order valence-electron chi connectivity index (χ4n) is 3.86. The second-order valence-electron chi connectivity index (χ2n) is 14.9. The predicted octanol–water partition coefficient (Wildman–Crippen LogP) is 4.79. The summed E-state index contributed by atoms with van der Waals surface area (Å²) < 4.78 is 5.15. The van der Waals surface area contributed by atoms with Gasteiger partial charge in [-0.1, -0.05) is 83.1 Å². The predicted molar refractivity (Wildman–Crippen MR) is 187 cm³/mol. The summed E-state index contributed by atoms with van der Waals surface area (Å²) in [6.45, 7) is 24.2. The third kappa shape index (κ3) is 13.4. The molecule has 14 nitrogen and oxygen atoms in total. The number of carbonyl (C=O) groups excluding carboxylic acids is 1. The van der Waals surface area contributed by atoms with Crippen LogP contribution in [-0.4, -0.2) is 58.0 Å². The number of hydrogen-bond donors (Lipinski definition) is 4. The Morgan fingerprint density at radius 2 is 1.23 bits per heavy atom. The molecule has 0 saturated carbocycles. The molecule has 4 aromatic rings. The zero-order chi connectivity index (χ0) is 37.1. The molecular formula is C34H52N10O4. The summed E-state index contributed by atoms with van der Waals surface area (Å²) in [5, 5.41) is 9.31. The van der Waals surface area contributed by atoms with Gasteiger partial charge in [0.15, 0.2) is 5.75 Å². The normalized spacial score (nSPS) is 11.4. The third-order valence-electron chi connectivity index (χ3n) is 6.24. The van der Waals surface area contributed by atoms with Crippen molar-refractivity contribution in [3.05, 3.63) is 82.3 Å². The van der Waals surface area contributed by atoms with Gasteiger partial charge < -0.3 is 21.3 Å². The van der Waals surface area contributed by atoms with Crippen LogP contribution < -0.4 is 21.8 Å². The van der Waals surface area contributed by atoms with Crippen molar-refractivity contribution in [1.29, 1.82) is 0 Å². The van der Waals surface area contributed by atoms with E-state index < -0.39 is 5.91 Å². The number of nitrogens with zero attached hydrogens (tertiary/aromatic N) is 7. The van der Waals surface area contributed by atoms with E-state index in [1.807, 2.05) is 41.5 Å². The number of ether oxygens (including phenoxy) is 1. The number of anilines is 1. The van der Waals surface area contributed by atoms with Gasteiger partial charge in [0.1, 0.15) is 30.5 Å². The molecule has 4 aromatic heterocycles. The zero-order valence-electron chi connectivity index (χ0n) is 30.5. The third-order valence-corrected chi connectivity index (χ3v) is 6.24. The number of nitrogens with two attached hydrogens (primary N) is 2. The average Bonchev–Trinajstić information content (AvgIpc) is 2.96. The second-order valence-corrected chi connectivity index (χ2v) is 14.9. The number of nitrogen functional groups attached to an aromatic ring is 1. The monoisotopic (exact) mass is 664 g/mol. The van der Waals surface area contributed by atoms with Crippen LogP contribution in [0.25, 0.3) is 0 Å². The molecule has 0 aliphatic carbocycles. The number of aromatic hydroxyl groups is 1. The summed E-state index contributed by atoms with van der Waals surface area (Å²) in [7, 11) is 1.63. The smallest absolute Gasteiger partial charge is 0.269 e. The Hall–Kier alpha value is -5.01. The Bertz CT molecular complexity index is 1680. The van der Waals surface area contributed by atoms with Crippen LogP contribution >= 0.6 is 0 Å². The molecule has 0 atom stereocenters. The minimum Gasteiger partial charge on any atom is -0.493 e. The molecule has 0 aliphatic rings. The molecule has 4 rings (SSSR count). The molecule has 1 amide bonds. The lowest BCUT2D eigenvalue weighted by molar-refractivity contribution is 0.0997. The van der Waals surface area contributed by atoms with E-state index in [4.69, 9.17) is 16.2 Å². The van der Waals surface area contributed by atoms with Gasteiger partial charge in [0, 0.05) is 33.9 Å². The topological polar surface area (TPSA) is 222 Å². The van der Waals surface area contributed by atoms with E-state index in [1.165, 1.54) is 25.0 Å². The van der Waals surface area contributed by atoms with Gasteiger partial charge in [0.25, 0.3) is 11.5 Å². The van der Waals surface area contributed by atoms with E-state index in [9.17, 15) is 14.7 Å². The first kappa shape index (κ1) is 41.0. The van der Waals surface area contributed by atoms with Crippen molar-refractivity contribution in [1.82, 2.24) is 39.9 Å². The van der Waals surface area contributed by atoms with Gasteiger partial charge in [0.05, 0.1) is 42.1 Å². The number of methoxy groups -OCH3 is 1. The Morgan fingerprint density at radius 3 is 1.60 bits per heavy atom. The van der Waals surface area contributed by atoms with Crippen LogP contribution in [0.2, 0.25) is 0 Å². The van der Waals surface area contributed by atoms with Gasteiger partial charge in [-0.2, -0.15) is 0 Å². The van der Waals surface area contributed by atoms with Crippen LogP contribution in [0.1, 0.15) is 116 Å². The van der Waals surface area contributed by atoms with E-state index >= 15 is 0 Å². The molecule has 4 heterocycles. The minimum atomic E-state index is -0.481. The SMILES string of the molecule is CC(C)(C)c1cc(N)ncn1.CC(C)(C)c1ncc(=O)[nH]c1O.CC(C)(C)c1ncncc1C(N)=O.COc1cncnc1C(C)(C)C. The summed E-state index contributed by atoms with van der Waals surface area (Å²) in [5.74, 6) is 0.662. The maximum absolute atomic E-state index is 11.0. The van der Waals surface area contributed by atoms with Gasteiger partial charge in [-0.25, -0.2) is 34.9 Å². The highest BCUT2D eigenvalue weighted by Crippen LogP contribution is 2.28. The Labute approximate surface area is 283 Å². The summed E-state index contributed by atoms with van der Waals surface area (Å²) in [6.07, 6.45) is 8.77. The molecule has 262 valence electrons. The van der Waals surface area contributed by atoms with Crippen molar-refractivity contribution >= 4 is 11.7 Å². The number of H-pyrrole nitrogens is 1. The maximum atomic E-state index is 11.0. The standard InChI is InChI=1S/C9H13N3O.C9H14N2O.C8H13N3.C8H12N2O2/c1-9(2,3)7-6(8(10)13)4-11-5-12-7;1-9(2,3)8-7(12-4)5-10-6-11-8;1-8(2,3)6-4-7(9)11-5-10-6;1-8(2,3)6-7(12)10-5(11)4-9-6/h4-5H,1-3H3,(H2,10,13);5-6H,1-4H3;4-5H,1-3H3,(H2,9,10,11);4H,1-3H3,(H2,10,11,12). The van der Waals surface area contributed by atoms with Crippen LogP contribution in [-0.2, 0) is 21.7 Å². The van der Waals surface area contributed by atoms with Crippen LogP contribution in [0.5, 0.6) is 11.6 Å². The van der Waals surface area contributed by atoms with Crippen molar-refractivity contribution in [2.75, 3.05) is 12.8 Å². The maximum Gasteiger partial charge on any atom is 0.269 e. The molecule has 6 N–H and O–H groups in total. The second kappa shape index (κ2) is 16.7. The summed E-state index contributed by atoms with van der Waals surface area (Å²) in [4.78, 5) is 51.7. The first-order valence-electron chi connectivity index (χ1n) is 15.2. The molecule has 14 heteroatoms. The lowest BCUT2D eigenvalue weighted by Crippen LogP contribution is -2.23. The summed E-state index contributed by atoms with van der Waals surface area (Å²) in [5.41, 5.74) is 13.4. The largest absolute Gasteiger partial charge is 0.493 e. The van der Waals surface area contributed by atoms with E-state index in [1.54, 1.807) is 25.7 Å². The van der Waals surface area contributed by atoms with Crippen LogP contribution in [0, 0.1) is 0 Å². The zero-order valence-corrected chi connectivity index (χ0v) is 30.5. The number of hydrogen-bond acceptors (Lipinski definition) is 12. The highest BCUT2D eigenvalue weighted by Gasteiger charge is 2.22. The van der Waals surface area contributed by atoms with Gasteiger partial charge in [-0.15, -0.1) is 0 Å². The lowest BCUT2D eigenvalue weighted by atomic mass is 9.89. The first-order chi connectivity index (χ1) is 21.9. The first-order valence-corrected chi connectivity index (χ1v) is 15.2. The number of aromatic amines is 1. The Balaban J connectivity index is 0.000000320. The Morgan fingerprint density at radius 1 is 0.708 bits per heavy atom. The molecule has 48 heavy (non-hydrogen) atoms. The average molecular weight is 665 g/mol. The number of rotatable bonds is 2. The van der Waals surface area contributed by atoms with E-state index in [2.05, 4.69) is 81.4 Å². The van der Waals surface area contributed by atoms with Crippen LogP contribution in [0.4, 0.5) is 5.82 Å². The highest BCUT2D eigenvalue weighted by molar-refractivity contribution is 5.93. The van der Waals surface area contributed by atoms with Crippen molar-refractivity contribution in [2.24, 2.45) is 5.73 Å². The number of amides is 1. The van der Waals surface area contributed by atoms with Gasteiger partial charge in [-0.3, -0.25) is 14.6 Å². The fourth-order valence-corrected chi connectivity index (χ4v) is 3.86.